The summed E-state index contributed by atoms with van der Waals surface area (Å²) >= 11 is 0. The zero-order chi connectivity index (χ0) is 19.9. The maximum atomic E-state index is 13.7. The van der Waals surface area contributed by atoms with Crippen molar-refractivity contribution in [1.29, 1.82) is 0 Å². The van der Waals surface area contributed by atoms with E-state index in [1.165, 1.54) is 6.07 Å². The predicted octanol–water partition coefficient (Wildman–Crippen LogP) is 4.23. The number of benzene rings is 3. The van der Waals surface area contributed by atoms with Crippen molar-refractivity contribution in [2.75, 3.05) is 17.2 Å². The van der Waals surface area contributed by atoms with Gasteiger partial charge in [-0.2, -0.15) is 0 Å². The van der Waals surface area contributed by atoms with Gasteiger partial charge in [0.1, 0.15) is 17.4 Å². The van der Waals surface area contributed by atoms with Crippen LogP contribution in [0.2, 0.25) is 0 Å². The fourth-order valence-electron chi connectivity index (χ4n) is 2.40. The van der Waals surface area contributed by atoms with Gasteiger partial charge in [-0.15, -0.1) is 0 Å². The summed E-state index contributed by atoms with van der Waals surface area (Å²) in [7, 11) is 0. The van der Waals surface area contributed by atoms with Crippen molar-refractivity contribution in [2.45, 2.75) is 0 Å². The van der Waals surface area contributed by atoms with Gasteiger partial charge in [-0.25, -0.2) is 8.78 Å². The summed E-state index contributed by atoms with van der Waals surface area (Å²) in [5.74, 6) is -2.44. The third-order valence-corrected chi connectivity index (χ3v) is 3.70. The molecule has 0 saturated carbocycles. The van der Waals surface area contributed by atoms with Crippen molar-refractivity contribution in [3.63, 3.8) is 0 Å². The molecule has 28 heavy (non-hydrogen) atoms. The Bertz CT molecular complexity index is 994. The number of hydrogen-bond acceptors (Lipinski definition) is 3. The molecule has 3 aromatic rings. The summed E-state index contributed by atoms with van der Waals surface area (Å²) in [6, 6.07) is 17.9. The molecule has 0 aliphatic carbocycles. The number of nitrogens with one attached hydrogen (secondary N) is 2. The lowest BCUT2D eigenvalue weighted by Gasteiger charge is -2.10. The molecule has 2 amide bonds. The maximum Gasteiger partial charge on any atom is 0.262 e. The van der Waals surface area contributed by atoms with Crippen LogP contribution in [-0.4, -0.2) is 18.4 Å². The van der Waals surface area contributed by atoms with E-state index in [9.17, 15) is 18.4 Å². The number of carbonyl (C=O) groups excluding carboxylic acids is 2. The Hall–Kier alpha value is -3.74. The Morgan fingerprint density at radius 1 is 0.821 bits per heavy atom. The van der Waals surface area contributed by atoms with Crippen LogP contribution >= 0.6 is 0 Å². The van der Waals surface area contributed by atoms with Gasteiger partial charge < -0.3 is 15.4 Å². The molecule has 7 heteroatoms. The van der Waals surface area contributed by atoms with Gasteiger partial charge in [0.2, 0.25) is 0 Å². The van der Waals surface area contributed by atoms with Gasteiger partial charge in [-0.05, 0) is 36.4 Å². The van der Waals surface area contributed by atoms with Gasteiger partial charge in [-0.3, -0.25) is 9.59 Å². The van der Waals surface area contributed by atoms with Gasteiger partial charge in [-0.1, -0.05) is 24.3 Å². The summed E-state index contributed by atoms with van der Waals surface area (Å²) in [5.41, 5.74) is 0.711. The molecule has 5 nitrogen and oxygen atoms in total. The van der Waals surface area contributed by atoms with E-state index in [0.29, 0.717) is 23.2 Å². The Morgan fingerprint density at radius 2 is 1.57 bits per heavy atom. The van der Waals surface area contributed by atoms with Crippen molar-refractivity contribution >= 4 is 23.2 Å². The monoisotopic (exact) mass is 382 g/mol. The topological polar surface area (TPSA) is 67.4 Å². The van der Waals surface area contributed by atoms with Crippen LogP contribution in [0.4, 0.5) is 20.2 Å². The van der Waals surface area contributed by atoms with Gasteiger partial charge in [0.25, 0.3) is 11.8 Å². The van der Waals surface area contributed by atoms with Crippen molar-refractivity contribution in [1.82, 2.24) is 0 Å². The first-order valence-electron chi connectivity index (χ1n) is 8.35. The minimum atomic E-state index is -0.956. The molecule has 0 unspecified atom stereocenters. The predicted molar refractivity (Wildman–Crippen MR) is 101 cm³/mol. The van der Waals surface area contributed by atoms with Crippen LogP contribution in [-0.2, 0) is 4.79 Å². The fraction of sp³-hybridized carbons (Fsp3) is 0.0476. The van der Waals surface area contributed by atoms with Gasteiger partial charge >= 0.3 is 0 Å². The molecule has 0 spiro atoms. The van der Waals surface area contributed by atoms with E-state index in [2.05, 4.69) is 10.6 Å². The van der Waals surface area contributed by atoms with Crippen LogP contribution in [0.3, 0.4) is 0 Å². The van der Waals surface area contributed by atoms with Crippen LogP contribution in [0.15, 0.2) is 72.8 Å². The average molecular weight is 382 g/mol. The zero-order valence-corrected chi connectivity index (χ0v) is 14.6. The second-order valence-corrected chi connectivity index (χ2v) is 5.81. The smallest absolute Gasteiger partial charge is 0.262 e. The molecule has 142 valence electrons. The number of rotatable bonds is 6. The lowest BCUT2D eigenvalue weighted by atomic mass is 10.2. The number of anilines is 2. The first-order chi connectivity index (χ1) is 13.5. The van der Waals surface area contributed by atoms with Crippen molar-refractivity contribution in [2.24, 2.45) is 0 Å². The SMILES string of the molecule is O=C(COc1cccc(NC(=O)c2ccc(F)cc2F)c1)Nc1ccccc1. The summed E-state index contributed by atoms with van der Waals surface area (Å²) in [5, 5.41) is 5.19. The summed E-state index contributed by atoms with van der Waals surface area (Å²) < 4.78 is 32.1. The molecule has 3 aromatic carbocycles. The van der Waals surface area contributed by atoms with Crippen molar-refractivity contribution in [3.05, 3.63) is 90.0 Å². The minimum Gasteiger partial charge on any atom is -0.484 e. The summed E-state index contributed by atoms with van der Waals surface area (Å²) in [6.07, 6.45) is 0. The molecular formula is C21H16F2N2O3. The summed E-state index contributed by atoms with van der Waals surface area (Å²) in [6.45, 7) is -0.223. The van der Waals surface area contributed by atoms with Crippen LogP contribution in [0.25, 0.3) is 0 Å². The molecule has 0 atom stereocenters. The van der Waals surface area contributed by atoms with E-state index in [0.717, 1.165) is 12.1 Å². The van der Waals surface area contributed by atoms with E-state index >= 15 is 0 Å². The number of halogens is 2. The third kappa shape index (κ3) is 5.14. The normalized spacial score (nSPS) is 10.2. The Labute approximate surface area is 160 Å². The van der Waals surface area contributed by atoms with Crippen LogP contribution in [0.1, 0.15) is 10.4 Å². The van der Waals surface area contributed by atoms with Gasteiger partial charge in [0.15, 0.2) is 6.61 Å². The van der Waals surface area contributed by atoms with E-state index < -0.39 is 17.5 Å². The number of hydrogen-bond donors (Lipinski definition) is 2. The van der Waals surface area contributed by atoms with E-state index in [4.69, 9.17) is 4.74 Å². The molecule has 0 bridgehead atoms. The minimum absolute atomic E-state index is 0.223. The molecule has 0 heterocycles. The first kappa shape index (κ1) is 19.0. The molecule has 0 radical (unpaired) electrons. The van der Waals surface area contributed by atoms with Gasteiger partial charge in [0, 0.05) is 23.5 Å². The highest BCUT2D eigenvalue weighted by molar-refractivity contribution is 6.04. The third-order valence-electron chi connectivity index (χ3n) is 3.70. The van der Waals surface area contributed by atoms with E-state index in [-0.39, 0.29) is 18.1 Å². The Balaban J connectivity index is 1.59. The first-order valence-corrected chi connectivity index (χ1v) is 8.35. The molecule has 0 aliphatic rings. The number of amides is 2. The number of para-hydroxylation sites is 1. The highest BCUT2D eigenvalue weighted by atomic mass is 19.1. The Kier molecular flexibility index (Phi) is 5.96. The van der Waals surface area contributed by atoms with Crippen molar-refractivity contribution < 1.29 is 23.1 Å². The highest BCUT2D eigenvalue weighted by Gasteiger charge is 2.13. The lowest BCUT2D eigenvalue weighted by molar-refractivity contribution is -0.118. The van der Waals surface area contributed by atoms with E-state index in [1.54, 1.807) is 42.5 Å². The number of carbonyl (C=O) groups is 2. The maximum absolute atomic E-state index is 13.7. The second-order valence-electron chi connectivity index (χ2n) is 5.81. The van der Waals surface area contributed by atoms with Crippen LogP contribution in [0, 0.1) is 11.6 Å². The van der Waals surface area contributed by atoms with E-state index in [1.807, 2.05) is 6.07 Å². The Morgan fingerprint density at radius 3 is 2.32 bits per heavy atom. The lowest BCUT2D eigenvalue weighted by Crippen LogP contribution is -2.20. The van der Waals surface area contributed by atoms with Crippen LogP contribution in [0.5, 0.6) is 5.75 Å². The van der Waals surface area contributed by atoms with Gasteiger partial charge in [0.05, 0.1) is 5.56 Å². The molecule has 0 aliphatic heterocycles. The molecule has 0 fully saturated rings. The largest absolute Gasteiger partial charge is 0.484 e. The quantitative estimate of drug-likeness (QED) is 0.670. The average Bonchev–Trinajstić information content (AvgIpc) is 2.67. The molecule has 0 saturated heterocycles. The number of ether oxygens (including phenoxy) is 1. The van der Waals surface area contributed by atoms with Crippen molar-refractivity contribution in [3.8, 4) is 5.75 Å². The molecule has 0 aromatic heterocycles. The molecule has 3 rings (SSSR count). The highest BCUT2D eigenvalue weighted by Crippen LogP contribution is 2.19. The summed E-state index contributed by atoms with van der Waals surface area (Å²) in [4.78, 5) is 24.1. The standard InChI is InChI=1S/C21H16F2N2O3/c22-14-9-10-18(19(23)11-14)21(27)25-16-7-4-8-17(12-16)28-13-20(26)24-15-5-2-1-3-6-15/h1-12H,13H2,(H,24,26)(H,25,27). The molecular weight excluding hydrogens is 366 g/mol. The zero-order valence-electron chi connectivity index (χ0n) is 14.6. The second kappa shape index (κ2) is 8.77. The fourth-order valence-corrected chi connectivity index (χ4v) is 2.40. The molecule has 2 N–H and O–H groups in total. The van der Waals surface area contributed by atoms with Crippen LogP contribution < -0.4 is 15.4 Å².